The number of pyridine rings is 2. The summed E-state index contributed by atoms with van der Waals surface area (Å²) >= 11 is 0. The first kappa shape index (κ1) is 48.3. The lowest BCUT2D eigenvalue weighted by Gasteiger charge is -2.30. The van der Waals surface area contributed by atoms with E-state index in [0.29, 0.717) is 36.7 Å². The average molecular weight is 973 g/mol. The van der Waals surface area contributed by atoms with Crippen LogP contribution >= 0.6 is 0 Å². The van der Waals surface area contributed by atoms with Gasteiger partial charge in [0, 0.05) is 60.1 Å². The number of nitrogens with one attached hydrogen (secondary N) is 4. The molecule has 6 heterocycles. The van der Waals surface area contributed by atoms with Crippen molar-refractivity contribution in [1.29, 1.82) is 0 Å². The summed E-state index contributed by atoms with van der Waals surface area (Å²) in [4.78, 5) is 82.7. The van der Waals surface area contributed by atoms with Crippen molar-refractivity contribution >= 4 is 24.0 Å². The summed E-state index contributed by atoms with van der Waals surface area (Å²) in [5, 5.41) is 5.45. The maximum atomic E-state index is 14.2. The predicted octanol–water partition coefficient (Wildman–Crippen LogP) is 9.60. The molecule has 4 amide bonds. The molecule has 0 unspecified atom stereocenters. The number of carbonyl (C=O) groups excluding carboxylic acids is 4. The summed E-state index contributed by atoms with van der Waals surface area (Å²) in [6.45, 7) is 12.4. The first-order valence-corrected chi connectivity index (χ1v) is 25.3. The van der Waals surface area contributed by atoms with Crippen molar-refractivity contribution < 1.29 is 28.7 Å². The number of imidazole rings is 2. The highest BCUT2D eigenvalue weighted by molar-refractivity contribution is 5.90. The van der Waals surface area contributed by atoms with Gasteiger partial charge in [0.2, 0.25) is 5.91 Å². The van der Waals surface area contributed by atoms with E-state index in [1.54, 1.807) is 0 Å². The standard InChI is InChI=1S/C56H64N10O6/c1-8-39(63-53(69)71-6)51(67)65-22-12-16-42(65)49-59-30-40(61-49)33-24-35(28-57-26-33)44-37-18-20-56(4,5)47(37)45(38-19-21-55(2,3)46(38)44)36-25-34(27-58-29-36)41-31-60-50(62-41)43-17-13-23-66(43)52(68)48(64-54(70)72-7)32-14-10-9-11-15-32/h9-11,14-15,24-31,39,42-43,48H,8,12-13,16-23H2,1-7H3,(H,59,61)(H,60,62)(H,63,69)(H,64,70)/t39-,42+,43+,48-/m1/s1. The van der Waals surface area contributed by atoms with Gasteiger partial charge in [0.25, 0.3) is 5.91 Å². The first-order chi connectivity index (χ1) is 34.7. The predicted molar refractivity (Wildman–Crippen MR) is 272 cm³/mol. The summed E-state index contributed by atoms with van der Waals surface area (Å²) in [6, 6.07) is 11.6. The van der Waals surface area contributed by atoms with E-state index in [2.05, 4.69) is 60.4 Å². The van der Waals surface area contributed by atoms with Crippen LogP contribution in [-0.2, 0) is 42.7 Å². The van der Waals surface area contributed by atoms with Gasteiger partial charge in [-0.1, -0.05) is 65.0 Å². The monoisotopic (exact) mass is 973 g/mol. The van der Waals surface area contributed by atoms with Crippen LogP contribution in [0.1, 0.15) is 137 Å². The number of hydrogen-bond donors (Lipinski definition) is 4. The van der Waals surface area contributed by atoms with Crippen LogP contribution in [0.2, 0.25) is 0 Å². The molecular weight excluding hydrogens is 909 g/mol. The summed E-state index contributed by atoms with van der Waals surface area (Å²) in [6.07, 6.45) is 17.5. The highest BCUT2D eigenvalue weighted by Crippen LogP contribution is 2.57. The summed E-state index contributed by atoms with van der Waals surface area (Å²) in [7, 11) is 2.59. The Balaban J connectivity index is 0.974. The normalized spacial score (nSPS) is 19.4. The molecule has 2 aliphatic heterocycles. The number of nitrogens with zero attached hydrogens (tertiary/aromatic N) is 6. The summed E-state index contributed by atoms with van der Waals surface area (Å²) in [5.74, 6) is 1.04. The fourth-order valence-corrected chi connectivity index (χ4v) is 12.0. The van der Waals surface area contributed by atoms with E-state index < -0.39 is 24.3 Å². The molecule has 374 valence electrons. The zero-order valence-corrected chi connectivity index (χ0v) is 42.2. The van der Waals surface area contributed by atoms with Crippen LogP contribution < -0.4 is 10.6 Å². The molecule has 4 aliphatic rings. The van der Waals surface area contributed by atoms with E-state index in [1.807, 2.05) is 84.2 Å². The molecule has 0 saturated carbocycles. The van der Waals surface area contributed by atoms with Crippen LogP contribution in [0, 0.1) is 0 Å². The topological polar surface area (TPSA) is 200 Å². The Bertz CT molecular complexity index is 3050. The van der Waals surface area contributed by atoms with E-state index in [0.717, 1.165) is 85.0 Å². The van der Waals surface area contributed by atoms with Crippen molar-refractivity contribution in [2.24, 2.45) is 0 Å². The van der Waals surface area contributed by atoms with Crippen LogP contribution in [-0.4, -0.2) is 97.1 Å². The summed E-state index contributed by atoms with van der Waals surface area (Å²) < 4.78 is 9.70. The fraction of sp³-hybridized carbons (Fsp3) is 0.429. The number of aromatic nitrogens is 6. The van der Waals surface area contributed by atoms with Crippen molar-refractivity contribution in [3.05, 3.63) is 119 Å². The molecule has 72 heavy (non-hydrogen) atoms. The SMILES string of the molecule is CC[C@@H](NC(=O)OC)C(=O)N1CCC[C@H]1c1ncc(-c2cncc(-c3c4c(c(-c5cncc(-c6cnc([C@@H]7CCCN7C(=O)[C@H](NC(=O)OC)c7ccccc7)[nH]6)c5)c5c3C(C)(C)CC5)C(C)(C)CC4)c2)[nH]1. The van der Waals surface area contributed by atoms with Crippen molar-refractivity contribution in [3.63, 3.8) is 0 Å². The maximum Gasteiger partial charge on any atom is 0.407 e. The maximum absolute atomic E-state index is 14.2. The van der Waals surface area contributed by atoms with E-state index in [4.69, 9.17) is 29.4 Å². The van der Waals surface area contributed by atoms with Gasteiger partial charge in [-0.15, -0.1) is 0 Å². The number of carbonyl (C=O) groups is 4. The lowest BCUT2D eigenvalue weighted by atomic mass is 9.73. The molecule has 2 aliphatic carbocycles. The van der Waals surface area contributed by atoms with Crippen LogP contribution in [0.25, 0.3) is 44.8 Å². The molecule has 4 atom stereocenters. The number of amides is 4. The smallest absolute Gasteiger partial charge is 0.407 e. The lowest BCUT2D eigenvalue weighted by Crippen LogP contribution is -2.48. The van der Waals surface area contributed by atoms with E-state index in [-0.39, 0.29) is 34.7 Å². The molecule has 0 bridgehead atoms. The van der Waals surface area contributed by atoms with E-state index >= 15 is 0 Å². The lowest BCUT2D eigenvalue weighted by molar-refractivity contribution is -0.135. The number of benzene rings is 2. The quantitative estimate of drug-likeness (QED) is 0.0915. The Morgan fingerprint density at radius 1 is 0.667 bits per heavy atom. The third kappa shape index (κ3) is 8.78. The molecule has 16 nitrogen and oxygen atoms in total. The summed E-state index contributed by atoms with van der Waals surface area (Å²) in [5.41, 5.74) is 14.0. The molecule has 0 radical (unpaired) electrons. The van der Waals surface area contributed by atoms with Crippen LogP contribution in [0.4, 0.5) is 9.59 Å². The van der Waals surface area contributed by atoms with Crippen molar-refractivity contribution in [3.8, 4) is 44.8 Å². The highest BCUT2D eigenvalue weighted by Gasteiger charge is 2.44. The van der Waals surface area contributed by atoms with Crippen LogP contribution in [0.3, 0.4) is 0 Å². The Kier molecular flexibility index (Phi) is 13.0. The molecule has 4 N–H and O–H groups in total. The number of fused-ring (bicyclic) bond motifs is 2. The minimum Gasteiger partial charge on any atom is -0.453 e. The minimum atomic E-state index is -0.907. The molecule has 2 saturated heterocycles. The van der Waals surface area contributed by atoms with Crippen LogP contribution in [0.15, 0.2) is 79.6 Å². The van der Waals surface area contributed by atoms with E-state index in [9.17, 15) is 19.2 Å². The second-order valence-electron chi connectivity index (χ2n) is 21.0. The second kappa shape index (κ2) is 19.3. The van der Waals surface area contributed by atoms with Crippen molar-refractivity contribution in [1.82, 2.24) is 50.3 Å². The fourth-order valence-electron chi connectivity index (χ4n) is 12.0. The van der Waals surface area contributed by atoms with Gasteiger partial charge < -0.3 is 39.9 Å². The zero-order chi connectivity index (χ0) is 50.5. The zero-order valence-electron chi connectivity index (χ0n) is 42.2. The number of H-pyrrole nitrogens is 2. The number of rotatable bonds is 12. The molecule has 6 aromatic rings. The van der Waals surface area contributed by atoms with Crippen LogP contribution in [0.5, 0.6) is 0 Å². The third-order valence-electron chi connectivity index (χ3n) is 15.6. The Morgan fingerprint density at radius 3 is 1.62 bits per heavy atom. The van der Waals surface area contributed by atoms with Gasteiger partial charge in [0.15, 0.2) is 0 Å². The average Bonchev–Trinajstić information content (AvgIpc) is 4.27. The third-order valence-corrected chi connectivity index (χ3v) is 15.6. The molecule has 0 spiro atoms. The molecule has 4 aromatic heterocycles. The van der Waals surface area contributed by atoms with Gasteiger partial charge in [-0.2, -0.15) is 0 Å². The first-order valence-electron chi connectivity index (χ1n) is 25.3. The minimum absolute atomic E-state index is 0.115. The van der Waals surface area contributed by atoms with Gasteiger partial charge >= 0.3 is 12.2 Å². The van der Waals surface area contributed by atoms with Gasteiger partial charge in [-0.25, -0.2) is 19.6 Å². The second-order valence-corrected chi connectivity index (χ2v) is 21.0. The highest BCUT2D eigenvalue weighted by atomic mass is 16.5. The van der Waals surface area contributed by atoms with Crippen molar-refractivity contribution in [2.75, 3.05) is 27.3 Å². The molecule has 2 aromatic carbocycles. The van der Waals surface area contributed by atoms with Gasteiger partial charge in [0.05, 0.1) is 50.1 Å². The van der Waals surface area contributed by atoms with E-state index in [1.165, 1.54) is 47.6 Å². The largest absolute Gasteiger partial charge is 0.453 e. The molecule has 2 fully saturated rings. The molecule has 16 heteroatoms. The molecular formula is C56H64N10O6. The molecule has 10 rings (SSSR count). The number of hydrogen-bond acceptors (Lipinski definition) is 10. The number of alkyl carbamates (subject to hydrolysis) is 2. The Labute approximate surface area is 420 Å². The van der Waals surface area contributed by atoms with Gasteiger partial charge in [0.1, 0.15) is 23.7 Å². The Hall–Kier alpha value is -7.36. The number of aromatic amines is 2. The number of ether oxygens (including phenoxy) is 2. The Morgan fingerprint density at radius 2 is 1.14 bits per heavy atom. The number of methoxy groups -OCH3 is 2. The van der Waals surface area contributed by atoms with Gasteiger partial charge in [-0.3, -0.25) is 19.6 Å². The van der Waals surface area contributed by atoms with Gasteiger partial charge in [-0.05, 0) is 120 Å². The van der Waals surface area contributed by atoms with Crippen molar-refractivity contribution in [2.45, 2.75) is 127 Å². The number of likely N-dealkylation sites (tertiary alicyclic amines) is 2.